The molecule has 2 aliphatic carbocycles. The molecule has 2 aliphatic heterocycles. The van der Waals surface area contributed by atoms with Crippen LogP contribution in [-0.2, 0) is 23.8 Å². The lowest BCUT2D eigenvalue weighted by Crippen LogP contribution is -2.27. The fourth-order valence-electron chi connectivity index (χ4n) is 4.46. The first-order valence-corrected chi connectivity index (χ1v) is 8.55. The Bertz CT molecular complexity index is 709. The van der Waals surface area contributed by atoms with Gasteiger partial charge in [0.1, 0.15) is 6.10 Å². The lowest BCUT2D eigenvalue weighted by Gasteiger charge is -2.34. The molecule has 0 spiro atoms. The molecule has 3 atom stereocenters. The molecule has 0 amide bonds. The third-order valence-electron chi connectivity index (χ3n) is 5.64. The van der Waals surface area contributed by atoms with E-state index in [0.717, 1.165) is 19.3 Å². The lowest BCUT2D eigenvalue weighted by molar-refractivity contribution is -0.152. The lowest BCUT2D eigenvalue weighted by atomic mass is 9.72. The standard InChI is InChI=1S/C19H22O5/c1-10-7-14(23-17(10)20)22-9-13-12-8-11-5-4-6-19(2,3)15(11)16(12)24-18(13)21/h7,9,12,14,16H,4-6,8H2,1-3H3/b13-9+/t12-,14?,16+/m0/s1. The van der Waals surface area contributed by atoms with Crippen molar-refractivity contribution in [2.75, 3.05) is 0 Å². The largest absolute Gasteiger partial charge is 0.458 e. The number of fused-ring (bicyclic) bond motifs is 2. The Hall–Kier alpha value is -2.04. The van der Waals surface area contributed by atoms with Crippen LogP contribution in [0.1, 0.15) is 46.5 Å². The third kappa shape index (κ3) is 2.29. The Morgan fingerprint density at radius 2 is 2.04 bits per heavy atom. The van der Waals surface area contributed by atoms with E-state index < -0.39 is 6.29 Å². The predicted molar refractivity (Wildman–Crippen MR) is 85.5 cm³/mol. The van der Waals surface area contributed by atoms with Gasteiger partial charge in [0.15, 0.2) is 0 Å². The number of allylic oxidation sites excluding steroid dienone is 1. The maximum Gasteiger partial charge on any atom is 0.338 e. The molecule has 5 nitrogen and oxygen atoms in total. The molecule has 4 rings (SSSR count). The molecule has 0 bridgehead atoms. The maximum atomic E-state index is 12.3. The average molecular weight is 330 g/mol. The zero-order chi connectivity index (χ0) is 17.1. The van der Waals surface area contributed by atoms with Gasteiger partial charge in [-0.3, -0.25) is 0 Å². The van der Waals surface area contributed by atoms with E-state index in [1.54, 1.807) is 13.0 Å². The van der Waals surface area contributed by atoms with Crippen molar-refractivity contribution in [3.05, 3.63) is 34.6 Å². The molecule has 1 saturated heterocycles. The summed E-state index contributed by atoms with van der Waals surface area (Å²) in [5, 5.41) is 0. The fourth-order valence-corrected chi connectivity index (χ4v) is 4.46. The van der Waals surface area contributed by atoms with E-state index in [-0.39, 0.29) is 29.4 Å². The van der Waals surface area contributed by atoms with Crippen LogP contribution in [0.15, 0.2) is 34.6 Å². The van der Waals surface area contributed by atoms with Crippen molar-refractivity contribution in [1.82, 2.24) is 0 Å². The molecular formula is C19H22O5. The summed E-state index contributed by atoms with van der Waals surface area (Å²) in [6.45, 7) is 6.15. The number of ether oxygens (including phenoxy) is 3. The molecule has 0 N–H and O–H groups in total. The highest BCUT2D eigenvalue weighted by Crippen LogP contribution is 2.54. The summed E-state index contributed by atoms with van der Waals surface area (Å²) in [5.41, 5.74) is 3.93. The minimum atomic E-state index is -0.753. The van der Waals surface area contributed by atoms with Crippen molar-refractivity contribution in [3.8, 4) is 0 Å². The summed E-state index contributed by atoms with van der Waals surface area (Å²) in [4.78, 5) is 23.7. The second kappa shape index (κ2) is 5.23. The van der Waals surface area contributed by atoms with Crippen molar-refractivity contribution < 1.29 is 23.8 Å². The molecular weight excluding hydrogens is 308 g/mol. The number of hydrogen-bond acceptors (Lipinski definition) is 5. The van der Waals surface area contributed by atoms with Gasteiger partial charge in [-0.15, -0.1) is 0 Å². The van der Waals surface area contributed by atoms with Crippen LogP contribution in [0.2, 0.25) is 0 Å². The molecule has 0 radical (unpaired) electrons. The van der Waals surface area contributed by atoms with Crippen LogP contribution >= 0.6 is 0 Å². The first kappa shape index (κ1) is 15.5. The Kier molecular flexibility index (Phi) is 3.37. The monoisotopic (exact) mass is 330 g/mol. The van der Waals surface area contributed by atoms with Crippen molar-refractivity contribution in [2.45, 2.75) is 58.8 Å². The van der Waals surface area contributed by atoms with Crippen molar-refractivity contribution >= 4 is 11.9 Å². The van der Waals surface area contributed by atoms with E-state index in [1.807, 2.05) is 0 Å². The molecule has 24 heavy (non-hydrogen) atoms. The second-order valence-electron chi connectivity index (χ2n) is 7.72. The summed E-state index contributed by atoms with van der Waals surface area (Å²) in [7, 11) is 0. The molecule has 4 aliphatic rings. The number of cyclic esters (lactones) is 1. The number of hydrogen-bond donors (Lipinski definition) is 0. The van der Waals surface area contributed by atoms with Crippen LogP contribution in [0.25, 0.3) is 0 Å². The van der Waals surface area contributed by atoms with Gasteiger partial charge >= 0.3 is 11.9 Å². The van der Waals surface area contributed by atoms with Gasteiger partial charge in [-0.05, 0) is 43.6 Å². The van der Waals surface area contributed by atoms with Crippen LogP contribution in [0.3, 0.4) is 0 Å². The van der Waals surface area contributed by atoms with E-state index in [0.29, 0.717) is 11.1 Å². The van der Waals surface area contributed by atoms with Gasteiger partial charge in [-0.25, -0.2) is 9.59 Å². The quantitative estimate of drug-likeness (QED) is 0.337. The highest BCUT2D eigenvalue weighted by Gasteiger charge is 2.52. The maximum absolute atomic E-state index is 12.3. The van der Waals surface area contributed by atoms with Crippen LogP contribution < -0.4 is 0 Å². The first-order chi connectivity index (χ1) is 11.4. The van der Waals surface area contributed by atoms with E-state index in [1.165, 1.54) is 23.8 Å². The van der Waals surface area contributed by atoms with Crippen molar-refractivity contribution in [1.29, 1.82) is 0 Å². The number of carbonyl (C=O) groups excluding carboxylic acids is 2. The Morgan fingerprint density at radius 1 is 1.25 bits per heavy atom. The summed E-state index contributed by atoms with van der Waals surface area (Å²) in [6, 6.07) is 0. The molecule has 128 valence electrons. The molecule has 0 aromatic carbocycles. The van der Waals surface area contributed by atoms with Crippen LogP contribution in [0.5, 0.6) is 0 Å². The smallest absolute Gasteiger partial charge is 0.338 e. The second-order valence-corrected chi connectivity index (χ2v) is 7.72. The van der Waals surface area contributed by atoms with Crippen LogP contribution in [-0.4, -0.2) is 24.3 Å². The zero-order valence-corrected chi connectivity index (χ0v) is 14.3. The Labute approximate surface area is 141 Å². The Balaban J connectivity index is 1.55. The molecule has 1 fully saturated rings. The van der Waals surface area contributed by atoms with Crippen LogP contribution in [0.4, 0.5) is 0 Å². The number of rotatable bonds is 2. The fraction of sp³-hybridized carbons (Fsp3) is 0.579. The van der Waals surface area contributed by atoms with Crippen molar-refractivity contribution in [3.63, 3.8) is 0 Å². The summed E-state index contributed by atoms with van der Waals surface area (Å²) < 4.78 is 16.2. The summed E-state index contributed by atoms with van der Waals surface area (Å²) in [6.07, 6.45) is 6.42. The molecule has 5 heteroatoms. The van der Waals surface area contributed by atoms with Crippen molar-refractivity contribution in [2.24, 2.45) is 11.3 Å². The molecule has 0 aromatic heterocycles. The van der Waals surface area contributed by atoms with Gasteiger partial charge in [0.05, 0.1) is 11.8 Å². The van der Waals surface area contributed by atoms with E-state index >= 15 is 0 Å². The third-order valence-corrected chi connectivity index (χ3v) is 5.64. The van der Waals surface area contributed by atoms with Gasteiger partial charge in [0, 0.05) is 17.6 Å². The van der Waals surface area contributed by atoms with Gasteiger partial charge in [-0.2, -0.15) is 0 Å². The van der Waals surface area contributed by atoms with Gasteiger partial charge < -0.3 is 14.2 Å². The summed E-state index contributed by atoms with van der Waals surface area (Å²) in [5.74, 6) is -0.671. The summed E-state index contributed by atoms with van der Waals surface area (Å²) >= 11 is 0. The molecule has 1 unspecified atom stereocenters. The minimum Gasteiger partial charge on any atom is -0.458 e. The minimum absolute atomic E-state index is 0.0297. The predicted octanol–water partition coefficient (Wildman–Crippen LogP) is 3.17. The van der Waals surface area contributed by atoms with E-state index in [4.69, 9.17) is 14.2 Å². The average Bonchev–Trinajstić information content (AvgIpc) is 3.10. The van der Waals surface area contributed by atoms with Gasteiger partial charge in [0.25, 0.3) is 6.29 Å². The molecule has 0 saturated carbocycles. The highest BCUT2D eigenvalue weighted by molar-refractivity contribution is 5.92. The van der Waals surface area contributed by atoms with Gasteiger partial charge in [0.2, 0.25) is 0 Å². The topological polar surface area (TPSA) is 61.8 Å². The first-order valence-electron chi connectivity index (χ1n) is 8.55. The molecule has 2 heterocycles. The number of esters is 2. The van der Waals surface area contributed by atoms with Crippen LogP contribution in [0, 0.1) is 11.3 Å². The zero-order valence-electron chi connectivity index (χ0n) is 14.3. The highest BCUT2D eigenvalue weighted by atomic mass is 16.7. The normalized spacial score (nSPS) is 35.5. The Morgan fingerprint density at radius 3 is 2.75 bits per heavy atom. The van der Waals surface area contributed by atoms with E-state index in [2.05, 4.69) is 13.8 Å². The SMILES string of the molecule is CC1=CC(O/C=C2/C(=O)O[C@H]3C4=C(CCCC4(C)C)C[C@@H]23)OC1=O. The molecule has 0 aromatic rings. The van der Waals surface area contributed by atoms with Gasteiger partial charge in [-0.1, -0.05) is 19.4 Å². The van der Waals surface area contributed by atoms with E-state index in [9.17, 15) is 9.59 Å². The number of carbonyl (C=O) groups is 2.